The van der Waals surface area contributed by atoms with Crippen LogP contribution in [0.1, 0.15) is 49.3 Å². The minimum atomic E-state index is 0.0180. The van der Waals surface area contributed by atoms with Crippen LogP contribution in [0.25, 0.3) is 0 Å². The van der Waals surface area contributed by atoms with Crippen molar-refractivity contribution in [3.8, 4) is 0 Å². The van der Waals surface area contributed by atoms with E-state index in [9.17, 15) is 4.79 Å². The zero-order valence-electron chi connectivity index (χ0n) is 14.7. The molecule has 0 bridgehead atoms. The molecule has 2 atom stereocenters. The molecule has 6 heteroatoms. The third kappa shape index (κ3) is 3.80. The Morgan fingerprint density at radius 1 is 1.50 bits per heavy atom. The van der Waals surface area contributed by atoms with E-state index in [0.29, 0.717) is 0 Å². The smallest absolute Gasteiger partial charge is 0.318 e. The molecule has 1 aliphatic heterocycles. The molecule has 2 aromatic heterocycles. The Bertz CT molecular complexity index is 691. The summed E-state index contributed by atoms with van der Waals surface area (Å²) in [6.07, 6.45) is 7.59. The van der Waals surface area contributed by atoms with Gasteiger partial charge in [0.25, 0.3) is 0 Å². The summed E-state index contributed by atoms with van der Waals surface area (Å²) in [7, 11) is 1.90. The Kier molecular flexibility index (Phi) is 4.92. The van der Waals surface area contributed by atoms with E-state index >= 15 is 0 Å². The van der Waals surface area contributed by atoms with E-state index in [1.165, 1.54) is 0 Å². The van der Waals surface area contributed by atoms with Crippen LogP contribution in [0.3, 0.4) is 0 Å². The number of carbonyl (C=O) groups is 1. The summed E-state index contributed by atoms with van der Waals surface area (Å²) in [5.41, 5.74) is 1.11. The maximum absolute atomic E-state index is 12.6. The molecule has 6 nitrogen and oxygen atoms in total. The summed E-state index contributed by atoms with van der Waals surface area (Å²) in [6, 6.07) is 4.24. The molecule has 0 unspecified atom stereocenters. The number of carbonyl (C=O) groups excluding carboxylic acids is 1. The standard InChI is InChI=1S/C18H26N4O2/c1-13(6-8-16-9-7-14(2)24-16)20-18(23)22-10-4-5-17(22)15-11-19-21(3)12-15/h7,9,11-13,17H,4-6,8,10H2,1-3H3,(H,20,23)/t13-,17-/m1/s1. The second kappa shape index (κ2) is 7.11. The van der Waals surface area contributed by atoms with Gasteiger partial charge >= 0.3 is 6.03 Å². The third-order valence-corrected chi connectivity index (χ3v) is 4.61. The van der Waals surface area contributed by atoms with Crippen molar-refractivity contribution >= 4 is 6.03 Å². The fraction of sp³-hybridized carbons (Fsp3) is 0.556. The van der Waals surface area contributed by atoms with Crippen LogP contribution in [-0.4, -0.2) is 33.3 Å². The number of aromatic nitrogens is 2. The number of furan rings is 1. The van der Waals surface area contributed by atoms with Crippen molar-refractivity contribution in [1.29, 1.82) is 0 Å². The van der Waals surface area contributed by atoms with Crippen LogP contribution >= 0.6 is 0 Å². The SMILES string of the molecule is Cc1ccc(CC[C@@H](C)NC(=O)N2CCC[C@@H]2c2cnn(C)c2)o1. The molecule has 1 N–H and O–H groups in total. The van der Waals surface area contributed by atoms with Gasteiger partial charge in [0, 0.05) is 37.8 Å². The highest BCUT2D eigenvalue weighted by Gasteiger charge is 2.31. The van der Waals surface area contributed by atoms with E-state index in [1.807, 2.05) is 50.3 Å². The van der Waals surface area contributed by atoms with Gasteiger partial charge in [0.2, 0.25) is 0 Å². The molecule has 24 heavy (non-hydrogen) atoms. The van der Waals surface area contributed by atoms with Crippen LogP contribution in [0, 0.1) is 6.92 Å². The largest absolute Gasteiger partial charge is 0.466 e. The molecule has 1 saturated heterocycles. The highest BCUT2D eigenvalue weighted by molar-refractivity contribution is 5.75. The molecule has 0 saturated carbocycles. The fourth-order valence-electron chi connectivity index (χ4n) is 3.31. The molecule has 0 aliphatic carbocycles. The molecular weight excluding hydrogens is 304 g/mol. The zero-order valence-corrected chi connectivity index (χ0v) is 14.7. The molecule has 1 aliphatic rings. The van der Waals surface area contributed by atoms with Crippen molar-refractivity contribution in [1.82, 2.24) is 20.0 Å². The Hall–Kier alpha value is -2.24. The molecule has 0 spiro atoms. The lowest BCUT2D eigenvalue weighted by atomic mass is 10.1. The lowest BCUT2D eigenvalue weighted by Gasteiger charge is -2.26. The number of likely N-dealkylation sites (tertiary alicyclic amines) is 1. The maximum atomic E-state index is 12.6. The Balaban J connectivity index is 1.53. The van der Waals surface area contributed by atoms with E-state index in [-0.39, 0.29) is 18.1 Å². The van der Waals surface area contributed by atoms with Gasteiger partial charge in [0.05, 0.1) is 12.2 Å². The van der Waals surface area contributed by atoms with E-state index in [1.54, 1.807) is 4.68 Å². The molecule has 2 aromatic rings. The second-order valence-corrected chi connectivity index (χ2v) is 6.70. The van der Waals surface area contributed by atoms with Crippen LogP contribution in [0.5, 0.6) is 0 Å². The lowest BCUT2D eigenvalue weighted by Crippen LogP contribution is -2.43. The van der Waals surface area contributed by atoms with Crippen molar-refractivity contribution in [2.75, 3.05) is 6.54 Å². The van der Waals surface area contributed by atoms with Gasteiger partial charge in [-0.2, -0.15) is 5.10 Å². The number of aryl methyl sites for hydroxylation is 3. The quantitative estimate of drug-likeness (QED) is 0.916. The van der Waals surface area contributed by atoms with Crippen LogP contribution in [0.15, 0.2) is 28.9 Å². The second-order valence-electron chi connectivity index (χ2n) is 6.70. The number of hydrogen-bond donors (Lipinski definition) is 1. The van der Waals surface area contributed by atoms with Crippen molar-refractivity contribution < 1.29 is 9.21 Å². The number of amides is 2. The first-order valence-corrected chi connectivity index (χ1v) is 8.64. The number of urea groups is 1. The van der Waals surface area contributed by atoms with Crippen LogP contribution < -0.4 is 5.32 Å². The average Bonchev–Trinajstić information content (AvgIpc) is 3.25. The van der Waals surface area contributed by atoms with Crippen molar-refractivity contribution in [3.05, 3.63) is 41.6 Å². The summed E-state index contributed by atoms with van der Waals surface area (Å²) in [4.78, 5) is 14.6. The van der Waals surface area contributed by atoms with Gasteiger partial charge < -0.3 is 14.6 Å². The first-order chi connectivity index (χ1) is 11.5. The van der Waals surface area contributed by atoms with Gasteiger partial charge in [-0.25, -0.2) is 4.79 Å². The summed E-state index contributed by atoms with van der Waals surface area (Å²) >= 11 is 0. The first-order valence-electron chi connectivity index (χ1n) is 8.64. The normalized spacial score (nSPS) is 18.8. The molecule has 2 amide bonds. The van der Waals surface area contributed by atoms with Crippen LogP contribution in [0.2, 0.25) is 0 Å². The van der Waals surface area contributed by atoms with Crippen molar-refractivity contribution in [2.24, 2.45) is 7.05 Å². The molecule has 3 heterocycles. The van der Waals surface area contributed by atoms with Gasteiger partial charge in [-0.15, -0.1) is 0 Å². The molecule has 0 radical (unpaired) electrons. The van der Waals surface area contributed by atoms with Crippen molar-refractivity contribution in [2.45, 2.75) is 51.6 Å². The highest BCUT2D eigenvalue weighted by Crippen LogP contribution is 2.31. The van der Waals surface area contributed by atoms with Crippen LogP contribution in [0.4, 0.5) is 4.79 Å². The Morgan fingerprint density at radius 2 is 2.33 bits per heavy atom. The predicted molar refractivity (Wildman–Crippen MR) is 91.6 cm³/mol. The number of hydrogen-bond acceptors (Lipinski definition) is 3. The number of nitrogens with zero attached hydrogens (tertiary/aromatic N) is 3. The van der Waals surface area contributed by atoms with Gasteiger partial charge in [-0.05, 0) is 45.2 Å². The van der Waals surface area contributed by atoms with Crippen molar-refractivity contribution in [3.63, 3.8) is 0 Å². The predicted octanol–water partition coefficient (Wildman–Crippen LogP) is 3.19. The minimum absolute atomic E-state index is 0.0180. The first kappa shape index (κ1) is 16.6. The maximum Gasteiger partial charge on any atom is 0.318 e. The summed E-state index contributed by atoms with van der Waals surface area (Å²) in [6.45, 7) is 4.79. The van der Waals surface area contributed by atoms with E-state index in [4.69, 9.17) is 4.42 Å². The van der Waals surface area contributed by atoms with Gasteiger partial charge in [-0.1, -0.05) is 0 Å². The summed E-state index contributed by atoms with van der Waals surface area (Å²) in [5.74, 6) is 1.90. The monoisotopic (exact) mass is 330 g/mol. The molecule has 130 valence electrons. The van der Waals surface area contributed by atoms with Gasteiger partial charge in [0.1, 0.15) is 11.5 Å². The number of nitrogens with one attached hydrogen (secondary N) is 1. The van der Waals surface area contributed by atoms with Gasteiger partial charge in [-0.3, -0.25) is 4.68 Å². The third-order valence-electron chi connectivity index (χ3n) is 4.61. The van der Waals surface area contributed by atoms with Crippen LogP contribution in [-0.2, 0) is 13.5 Å². The number of rotatable bonds is 5. The molecule has 0 aromatic carbocycles. The van der Waals surface area contributed by atoms with E-state index < -0.39 is 0 Å². The average molecular weight is 330 g/mol. The fourth-order valence-corrected chi connectivity index (χ4v) is 3.31. The molecule has 3 rings (SSSR count). The minimum Gasteiger partial charge on any atom is -0.466 e. The molecule has 1 fully saturated rings. The zero-order chi connectivity index (χ0) is 17.1. The lowest BCUT2D eigenvalue weighted by molar-refractivity contribution is 0.189. The summed E-state index contributed by atoms with van der Waals surface area (Å²) in [5, 5.41) is 7.35. The topological polar surface area (TPSA) is 63.3 Å². The molecular formula is C18H26N4O2. The van der Waals surface area contributed by atoms with E-state index in [0.717, 1.165) is 49.3 Å². The Labute approximate surface area is 142 Å². The van der Waals surface area contributed by atoms with E-state index in [2.05, 4.69) is 10.4 Å². The summed E-state index contributed by atoms with van der Waals surface area (Å²) < 4.78 is 7.37. The Morgan fingerprint density at radius 3 is 3.00 bits per heavy atom. The highest BCUT2D eigenvalue weighted by atomic mass is 16.3. The van der Waals surface area contributed by atoms with Gasteiger partial charge in [0.15, 0.2) is 0 Å².